The van der Waals surface area contributed by atoms with E-state index in [1.807, 2.05) is 33.8 Å². The third kappa shape index (κ3) is 4.09. The summed E-state index contributed by atoms with van der Waals surface area (Å²) in [5, 5.41) is 3.67. The van der Waals surface area contributed by atoms with Crippen molar-refractivity contribution in [2.24, 2.45) is 0 Å². The van der Waals surface area contributed by atoms with E-state index in [2.05, 4.69) is 29.6 Å². The Morgan fingerprint density at radius 1 is 1.28 bits per heavy atom. The molecule has 0 radical (unpaired) electrons. The predicted octanol–water partition coefficient (Wildman–Crippen LogP) is 4.29. The molecule has 1 amide bonds. The Kier molecular flexibility index (Phi) is 4.67. The highest BCUT2D eigenvalue weighted by Gasteiger charge is 2.36. The van der Waals surface area contributed by atoms with Gasteiger partial charge in [0.15, 0.2) is 0 Å². The van der Waals surface area contributed by atoms with E-state index in [1.165, 1.54) is 0 Å². The molecule has 5 heteroatoms. The summed E-state index contributed by atoms with van der Waals surface area (Å²) >= 11 is 0. The molecule has 136 valence electrons. The lowest BCUT2D eigenvalue weighted by molar-refractivity contribution is 0.0193. The molecule has 0 atom stereocenters. The minimum absolute atomic E-state index is 0.0847. The second-order valence-electron chi connectivity index (χ2n) is 7.76. The van der Waals surface area contributed by atoms with E-state index in [4.69, 9.17) is 9.47 Å². The minimum Gasteiger partial charge on any atom is -0.494 e. The molecule has 0 aromatic heterocycles. The Balaban J connectivity index is 1.65. The van der Waals surface area contributed by atoms with Crippen LogP contribution in [0.4, 0.5) is 10.5 Å². The van der Waals surface area contributed by atoms with E-state index in [1.54, 1.807) is 4.90 Å². The maximum atomic E-state index is 12.2. The number of benzene rings is 1. The molecule has 1 aromatic carbocycles. The van der Waals surface area contributed by atoms with Gasteiger partial charge in [0.25, 0.3) is 0 Å². The second-order valence-corrected chi connectivity index (χ2v) is 7.76. The number of ether oxygens (including phenoxy) is 2. The summed E-state index contributed by atoms with van der Waals surface area (Å²) < 4.78 is 11.0. The van der Waals surface area contributed by atoms with Crippen LogP contribution in [-0.2, 0) is 4.74 Å². The first-order valence-corrected chi connectivity index (χ1v) is 9.02. The predicted molar refractivity (Wildman–Crippen MR) is 100 cm³/mol. The largest absolute Gasteiger partial charge is 0.494 e. The summed E-state index contributed by atoms with van der Waals surface area (Å²) in [7, 11) is 0. The topological polar surface area (TPSA) is 50.8 Å². The third-order valence-corrected chi connectivity index (χ3v) is 4.61. The molecule has 1 aromatic rings. The highest BCUT2D eigenvalue weighted by molar-refractivity contribution is 5.74. The standard InChI is InChI=1S/C20H28N2O3/c1-5-24-16-6-7-17-15(14-16)8-9-20(21-17)10-12-22(13-11-20)18(23)25-19(2,3)4/h6-9,14,21H,5,10-13H2,1-4H3. The number of piperidine rings is 1. The van der Waals surface area contributed by atoms with Gasteiger partial charge in [-0.15, -0.1) is 0 Å². The van der Waals surface area contributed by atoms with Crippen molar-refractivity contribution in [1.29, 1.82) is 0 Å². The normalized spacial score (nSPS) is 18.5. The number of rotatable bonds is 2. The molecule has 0 aliphatic carbocycles. The van der Waals surface area contributed by atoms with Gasteiger partial charge in [-0.1, -0.05) is 12.2 Å². The average molecular weight is 344 g/mol. The Morgan fingerprint density at radius 3 is 2.64 bits per heavy atom. The zero-order valence-corrected chi connectivity index (χ0v) is 15.6. The molecule has 5 nitrogen and oxygen atoms in total. The van der Waals surface area contributed by atoms with Gasteiger partial charge in [-0.25, -0.2) is 4.79 Å². The molecule has 1 saturated heterocycles. The molecule has 2 heterocycles. The number of anilines is 1. The SMILES string of the molecule is CCOc1ccc2c(c1)C=CC1(CCN(C(=O)OC(C)(C)C)CC1)N2. The third-order valence-electron chi connectivity index (χ3n) is 4.61. The molecule has 1 fully saturated rings. The van der Waals surface area contributed by atoms with Gasteiger partial charge < -0.3 is 19.7 Å². The molecular weight excluding hydrogens is 316 g/mol. The van der Waals surface area contributed by atoms with E-state index in [9.17, 15) is 4.79 Å². The molecule has 2 aliphatic rings. The Hall–Kier alpha value is -2.17. The summed E-state index contributed by atoms with van der Waals surface area (Å²) in [5.41, 5.74) is 1.73. The van der Waals surface area contributed by atoms with Gasteiger partial charge in [0, 0.05) is 24.3 Å². The summed E-state index contributed by atoms with van der Waals surface area (Å²) in [5.74, 6) is 0.892. The summed E-state index contributed by atoms with van der Waals surface area (Å²) in [4.78, 5) is 14.0. The van der Waals surface area contributed by atoms with Crippen LogP contribution in [0, 0.1) is 0 Å². The number of fused-ring (bicyclic) bond motifs is 1. The lowest BCUT2D eigenvalue weighted by atomic mass is 9.84. The number of nitrogens with zero attached hydrogens (tertiary/aromatic N) is 1. The van der Waals surface area contributed by atoms with E-state index in [0.29, 0.717) is 19.7 Å². The Morgan fingerprint density at radius 2 is 2.00 bits per heavy atom. The quantitative estimate of drug-likeness (QED) is 0.869. The minimum atomic E-state index is -0.452. The fourth-order valence-electron chi connectivity index (χ4n) is 3.31. The van der Waals surface area contributed by atoms with Gasteiger partial charge in [0.1, 0.15) is 11.4 Å². The van der Waals surface area contributed by atoms with Crippen LogP contribution in [0.2, 0.25) is 0 Å². The number of hydrogen-bond acceptors (Lipinski definition) is 4. The average Bonchev–Trinajstić information content (AvgIpc) is 2.54. The molecule has 25 heavy (non-hydrogen) atoms. The monoisotopic (exact) mass is 344 g/mol. The molecule has 3 rings (SSSR count). The molecule has 0 bridgehead atoms. The van der Waals surface area contributed by atoms with Gasteiger partial charge in [-0.3, -0.25) is 0 Å². The van der Waals surface area contributed by atoms with Crippen molar-refractivity contribution in [3.8, 4) is 5.75 Å². The molecule has 0 unspecified atom stereocenters. The smallest absolute Gasteiger partial charge is 0.410 e. The van der Waals surface area contributed by atoms with Crippen LogP contribution in [0.5, 0.6) is 5.75 Å². The van der Waals surface area contributed by atoms with Crippen LogP contribution in [-0.4, -0.2) is 41.8 Å². The number of likely N-dealkylation sites (tertiary alicyclic amines) is 1. The number of hydrogen-bond donors (Lipinski definition) is 1. The lowest BCUT2D eigenvalue weighted by Crippen LogP contribution is -2.51. The molecule has 1 N–H and O–H groups in total. The van der Waals surface area contributed by atoms with Crippen molar-refractivity contribution in [1.82, 2.24) is 4.90 Å². The van der Waals surface area contributed by atoms with Crippen molar-refractivity contribution in [3.05, 3.63) is 29.8 Å². The number of amides is 1. The van der Waals surface area contributed by atoms with Gasteiger partial charge >= 0.3 is 6.09 Å². The molecule has 2 aliphatic heterocycles. The molecule has 1 spiro atoms. The van der Waals surface area contributed by atoms with Gasteiger partial charge in [0.2, 0.25) is 0 Å². The highest BCUT2D eigenvalue weighted by atomic mass is 16.6. The van der Waals surface area contributed by atoms with Gasteiger partial charge in [-0.05, 0) is 58.7 Å². The van der Waals surface area contributed by atoms with E-state index in [-0.39, 0.29) is 11.6 Å². The summed E-state index contributed by atoms with van der Waals surface area (Å²) in [6.07, 6.45) is 5.92. The fourth-order valence-corrected chi connectivity index (χ4v) is 3.31. The van der Waals surface area contributed by atoms with Crippen LogP contribution >= 0.6 is 0 Å². The highest BCUT2D eigenvalue weighted by Crippen LogP contribution is 2.36. The summed E-state index contributed by atoms with van der Waals surface area (Å²) in [6, 6.07) is 6.13. The van der Waals surface area contributed by atoms with Crippen molar-refractivity contribution in [3.63, 3.8) is 0 Å². The van der Waals surface area contributed by atoms with Gasteiger partial charge in [0.05, 0.1) is 12.1 Å². The zero-order chi connectivity index (χ0) is 18.1. The van der Waals surface area contributed by atoms with Crippen LogP contribution in [0.1, 0.15) is 46.1 Å². The van der Waals surface area contributed by atoms with Crippen molar-refractivity contribution >= 4 is 17.9 Å². The van der Waals surface area contributed by atoms with Crippen molar-refractivity contribution in [2.75, 3.05) is 25.0 Å². The first-order chi connectivity index (χ1) is 11.8. The maximum absolute atomic E-state index is 12.2. The Bertz CT molecular complexity index is 668. The van der Waals surface area contributed by atoms with Crippen LogP contribution in [0.15, 0.2) is 24.3 Å². The van der Waals surface area contributed by atoms with Crippen LogP contribution in [0.25, 0.3) is 6.08 Å². The molecule has 0 saturated carbocycles. The first kappa shape index (κ1) is 17.6. The number of carbonyl (C=O) groups excluding carboxylic acids is 1. The van der Waals surface area contributed by atoms with Crippen molar-refractivity contribution in [2.45, 2.75) is 51.7 Å². The van der Waals surface area contributed by atoms with E-state index < -0.39 is 5.60 Å². The first-order valence-electron chi connectivity index (χ1n) is 9.02. The summed E-state index contributed by atoms with van der Waals surface area (Å²) in [6.45, 7) is 9.73. The second kappa shape index (κ2) is 6.62. The van der Waals surface area contributed by atoms with Crippen molar-refractivity contribution < 1.29 is 14.3 Å². The van der Waals surface area contributed by atoms with E-state index in [0.717, 1.165) is 29.8 Å². The maximum Gasteiger partial charge on any atom is 0.410 e. The van der Waals surface area contributed by atoms with Crippen LogP contribution < -0.4 is 10.1 Å². The number of nitrogens with one attached hydrogen (secondary N) is 1. The van der Waals surface area contributed by atoms with Crippen LogP contribution in [0.3, 0.4) is 0 Å². The number of carbonyl (C=O) groups is 1. The molecular formula is C20H28N2O3. The van der Waals surface area contributed by atoms with Gasteiger partial charge in [-0.2, -0.15) is 0 Å². The lowest BCUT2D eigenvalue weighted by Gasteiger charge is -2.43. The zero-order valence-electron chi connectivity index (χ0n) is 15.6. The Labute approximate surface area is 150 Å². The fraction of sp³-hybridized carbons (Fsp3) is 0.550. The van der Waals surface area contributed by atoms with E-state index >= 15 is 0 Å².